The van der Waals surface area contributed by atoms with Crippen LogP contribution in [0.2, 0.25) is 38.3 Å². The number of hydrogen-bond acceptors (Lipinski definition) is 1. The van der Waals surface area contributed by atoms with E-state index in [0.29, 0.717) is 0 Å². The Morgan fingerprint density at radius 3 is 2.27 bits per heavy atom. The summed E-state index contributed by atoms with van der Waals surface area (Å²) < 4.78 is 6.67. The Kier molecular flexibility index (Phi) is 7.80. The van der Waals surface area contributed by atoms with Gasteiger partial charge in [0.2, 0.25) is 0 Å². The SMILES string of the molecule is C=Cc1cccc(CCC[Si](C)(C)O[Si](C)(C)CCCC)c1. The van der Waals surface area contributed by atoms with Crippen LogP contribution in [0.5, 0.6) is 0 Å². The molecule has 1 aromatic rings. The zero-order chi connectivity index (χ0) is 16.6. The van der Waals surface area contributed by atoms with E-state index < -0.39 is 16.6 Å². The van der Waals surface area contributed by atoms with Crippen LogP contribution in [0.25, 0.3) is 6.08 Å². The molecule has 1 rings (SSSR count). The summed E-state index contributed by atoms with van der Waals surface area (Å²) >= 11 is 0. The van der Waals surface area contributed by atoms with Gasteiger partial charge in [0.15, 0.2) is 16.6 Å². The summed E-state index contributed by atoms with van der Waals surface area (Å²) in [6.45, 7) is 15.7. The van der Waals surface area contributed by atoms with Crippen LogP contribution in [0.1, 0.15) is 37.3 Å². The van der Waals surface area contributed by atoms with Gasteiger partial charge in [-0.1, -0.05) is 56.7 Å². The third-order valence-corrected chi connectivity index (χ3v) is 11.7. The van der Waals surface area contributed by atoms with Gasteiger partial charge in [-0.2, -0.15) is 0 Å². The molecule has 1 aromatic carbocycles. The minimum absolute atomic E-state index is 1.15. The molecule has 0 bridgehead atoms. The summed E-state index contributed by atoms with van der Waals surface area (Å²) in [7, 11) is -2.98. The molecule has 0 amide bonds. The van der Waals surface area contributed by atoms with E-state index in [4.69, 9.17) is 4.12 Å². The Morgan fingerprint density at radius 2 is 1.68 bits per heavy atom. The van der Waals surface area contributed by atoms with Crippen molar-refractivity contribution >= 4 is 22.7 Å². The Labute approximate surface area is 140 Å². The Bertz CT molecular complexity index is 466. The van der Waals surface area contributed by atoms with Crippen molar-refractivity contribution in [3.8, 4) is 0 Å². The van der Waals surface area contributed by atoms with Crippen LogP contribution in [0.15, 0.2) is 30.8 Å². The molecule has 0 atom stereocenters. The van der Waals surface area contributed by atoms with Crippen molar-refractivity contribution in [3.63, 3.8) is 0 Å². The van der Waals surface area contributed by atoms with Gasteiger partial charge in [0.25, 0.3) is 0 Å². The van der Waals surface area contributed by atoms with Crippen molar-refractivity contribution in [1.82, 2.24) is 0 Å². The second-order valence-corrected chi connectivity index (χ2v) is 16.4. The van der Waals surface area contributed by atoms with Gasteiger partial charge in [0.05, 0.1) is 0 Å². The van der Waals surface area contributed by atoms with Crippen LogP contribution in [0.3, 0.4) is 0 Å². The summed E-state index contributed by atoms with van der Waals surface area (Å²) in [5.41, 5.74) is 2.64. The maximum Gasteiger partial charge on any atom is 0.173 e. The van der Waals surface area contributed by atoms with Crippen molar-refractivity contribution in [3.05, 3.63) is 42.0 Å². The lowest BCUT2D eigenvalue weighted by Crippen LogP contribution is -2.44. The van der Waals surface area contributed by atoms with E-state index in [-0.39, 0.29) is 0 Å². The summed E-state index contributed by atoms with van der Waals surface area (Å²) in [5.74, 6) is 0. The van der Waals surface area contributed by atoms with Crippen molar-refractivity contribution in [2.24, 2.45) is 0 Å². The van der Waals surface area contributed by atoms with Crippen molar-refractivity contribution < 1.29 is 4.12 Å². The molecule has 0 heterocycles. The molecule has 1 nitrogen and oxygen atoms in total. The number of rotatable bonds is 10. The van der Waals surface area contributed by atoms with Gasteiger partial charge >= 0.3 is 0 Å². The van der Waals surface area contributed by atoms with E-state index >= 15 is 0 Å². The van der Waals surface area contributed by atoms with E-state index in [1.54, 1.807) is 0 Å². The Hall–Kier alpha value is -0.646. The first-order valence-corrected chi connectivity index (χ1v) is 14.9. The molecule has 0 saturated carbocycles. The van der Waals surface area contributed by atoms with Gasteiger partial charge in [0.1, 0.15) is 0 Å². The zero-order valence-electron chi connectivity index (χ0n) is 15.2. The number of aryl methyl sites for hydroxylation is 1. The number of benzene rings is 1. The van der Waals surface area contributed by atoms with Crippen molar-refractivity contribution in [1.29, 1.82) is 0 Å². The average Bonchev–Trinajstić information content (AvgIpc) is 2.44. The molecule has 0 radical (unpaired) electrons. The molecule has 0 spiro atoms. The molecule has 0 aliphatic carbocycles. The van der Waals surface area contributed by atoms with Gasteiger partial charge in [-0.05, 0) is 62.2 Å². The highest BCUT2D eigenvalue weighted by Crippen LogP contribution is 2.25. The molecule has 124 valence electrons. The van der Waals surface area contributed by atoms with Crippen LogP contribution in [-0.2, 0) is 10.5 Å². The molecule has 3 heteroatoms. The lowest BCUT2D eigenvalue weighted by molar-refractivity contribution is 0.529. The first kappa shape index (κ1) is 19.4. The van der Waals surface area contributed by atoms with Gasteiger partial charge in [0, 0.05) is 0 Å². The quantitative estimate of drug-likeness (QED) is 0.444. The predicted octanol–water partition coefficient (Wildman–Crippen LogP) is 6.49. The molecule has 0 unspecified atom stereocenters. The molecule has 0 fully saturated rings. The van der Waals surface area contributed by atoms with Crippen LogP contribution < -0.4 is 0 Å². The van der Waals surface area contributed by atoms with Crippen LogP contribution in [-0.4, -0.2) is 16.6 Å². The molecular formula is C19H34OSi2. The highest BCUT2D eigenvalue weighted by atomic mass is 28.4. The summed E-state index contributed by atoms with van der Waals surface area (Å²) in [4.78, 5) is 0. The molecule has 0 aliphatic rings. The van der Waals surface area contributed by atoms with E-state index in [9.17, 15) is 0 Å². The fourth-order valence-corrected chi connectivity index (χ4v) is 12.1. The third kappa shape index (κ3) is 7.57. The fraction of sp³-hybridized carbons (Fsp3) is 0.579. The number of hydrogen-bond donors (Lipinski definition) is 0. The first-order valence-electron chi connectivity index (χ1n) is 8.69. The van der Waals surface area contributed by atoms with Crippen molar-refractivity contribution in [2.45, 2.75) is 70.9 Å². The monoisotopic (exact) mass is 334 g/mol. The Balaban J connectivity index is 2.46. The fourth-order valence-electron chi connectivity index (χ4n) is 3.05. The second-order valence-electron chi connectivity index (χ2n) is 7.53. The van der Waals surface area contributed by atoms with Crippen LogP contribution in [0, 0.1) is 0 Å². The van der Waals surface area contributed by atoms with E-state index in [0.717, 1.165) is 6.42 Å². The number of unbranched alkanes of at least 4 members (excludes halogenated alkanes) is 1. The normalized spacial score (nSPS) is 12.4. The summed E-state index contributed by atoms with van der Waals surface area (Å²) in [6, 6.07) is 11.3. The standard InChI is InChI=1S/C19H34OSi2/c1-7-9-15-21(3,4)20-22(5,6)16-11-14-19-13-10-12-18(8-2)17-19/h8,10,12-13,17H,2,7,9,11,14-16H2,1,3-6H3. The van der Waals surface area contributed by atoms with E-state index in [1.165, 1.54) is 42.5 Å². The van der Waals surface area contributed by atoms with Gasteiger partial charge < -0.3 is 4.12 Å². The molecule has 0 N–H and O–H groups in total. The highest BCUT2D eigenvalue weighted by molar-refractivity contribution is 6.84. The molecule has 0 aromatic heterocycles. The predicted molar refractivity (Wildman–Crippen MR) is 105 cm³/mol. The smallest absolute Gasteiger partial charge is 0.173 e. The second kappa shape index (κ2) is 8.85. The summed E-state index contributed by atoms with van der Waals surface area (Å²) in [6.07, 6.45) is 6.91. The molecule has 0 saturated heterocycles. The van der Waals surface area contributed by atoms with Crippen LogP contribution >= 0.6 is 0 Å². The molecule has 0 aliphatic heterocycles. The van der Waals surface area contributed by atoms with Crippen molar-refractivity contribution in [2.75, 3.05) is 0 Å². The first-order chi connectivity index (χ1) is 10.3. The minimum atomic E-state index is -1.52. The topological polar surface area (TPSA) is 9.23 Å². The highest BCUT2D eigenvalue weighted by Gasteiger charge is 2.31. The zero-order valence-corrected chi connectivity index (χ0v) is 17.2. The van der Waals surface area contributed by atoms with E-state index in [2.05, 4.69) is 64.0 Å². The third-order valence-electron chi connectivity index (χ3n) is 4.12. The average molecular weight is 335 g/mol. The molecule has 22 heavy (non-hydrogen) atoms. The summed E-state index contributed by atoms with van der Waals surface area (Å²) in [5, 5.41) is 0. The minimum Gasteiger partial charge on any atom is -0.455 e. The lowest BCUT2D eigenvalue weighted by atomic mass is 10.1. The largest absolute Gasteiger partial charge is 0.455 e. The van der Waals surface area contributed by atoms with Gasteiger partial charge in [-0.15, -0.1) is 0 Å². The van der Waals surface area contributed by atoms with Gasteiger partial charge in [-0.25, -0.2) is 0 Å². The maximum atomic E-state index is 6.67. The van der Waals surface area contributed by atoms with Gasteiger partial charge in [-0.3, -0.25) is 0 Å². The van der Waals surface area contributed by atoms with E-state index in [1.807, 2.05) is 6.08 Å². The van der Waals surface area contributed by atoms with Crippen LogP contribution in [0.4, 0.5) is 0 Å². The lowest BCUT2D eigenvalue weighted by Gasteiger charge is -2.34. The Morgan fingerprint density at radius 1 is 1.05 bits per heavy atom. The maximum absolute atomic E-state index is 6.67. The molecular weight excluding hydrogens is 300 g/mol.